The van der Waals surface area contributed by atoms with Crippen molar-refractivity contribution in [2.75, 3.05) is 0 Å². The molecule has 0 aromatic heterocycles. The van der Waals surface area contributed by atoms with Gasteiger partial charge >= 0.3 is 0 Å². The zero-order valence-electron chi connectivity index (χ0n) is 5.40. The van der Waals surface area contributed by atoms with Crippen LogP contribution in [-0.2, 0) is 4.79 Å². The largest absolute Gasteiger partial charge is 0.300 e. The van der Waals surface area contributed by atoms with Crippen molar-refractivity contribution in [3.05, 3.63) is 19.3 Å². The normalized spacial score (nSPS) is 10.0. The van der Waals surface area contributed by atoms with Gasteiger partial charge in [-0.1, -0.05) is 6.92 Å². The van der Waals surface area contributed by atoms with Crippen LogP contribution in [0, 0.1) is 19.3 Å². The Morgan fingerprint density at radius 2 is 2.12 bits per heavy atom. The van der Waals surface area contributed by atoms with Gasteiger partial charge in [0.15, 0.2) is 0 Å². The van der Waals surface area contributed by atoms with Crippen LogP contribution in [0.15, 0.2) is 0 Å². The SMILES string of the molecule is [CH2][C](C)[CH]CC(C)=O. The molecule has 8 heavy (non-hydrogen) atoms. The molecule has 0 bridgehead atoms. The van der Waals surface area contributed by atoms with Gasteiger partial charge in [-0.25, -0.2) is 0 Å². The van der Waals surface area contributed by atoms with Gasteiger partial charge in [0, 0.05) is 6.42 Å². The number of Topliss-reactive ketones (excluding diaryl/α,β-unsaturated/α-hetero) is 1. The smallest absolute Gasteiger partial charge is 0.130 e. The number of rotatable bonds is 3. The van der Waals surface area contributed by atoms with E-state index in [1.54, 1.807) is 6.92 Å². The van der Waals surface area contributed by atoms with Gasteiger partial charge in [-0.15, -0.1) is 0 Å². The van der Waals surface area contributed by atoms with Crippen LogP contribution in [0.2, 0.25) is 0 Å². The minimum atomic E-state index is 0.188. The average Bonchev–Trinajstić information content (AvgIpc) is 1.61. The molecule has 0 heterocycles. The fourth-order valence-electron chi connectivity index (χ4n) is 0.318. The summed E-state index contributed by atoms with van der Waals surface area (Å²) in [6.45, 7) is 7.07. The maximum atomic E-state index is 10.3. The summed E-state index contributed by atoms with van der Waals surface area (Å²) in [4.78, 5) is 10.3. The average molecular weight is 111 g/mol. The molecule has 0 saturated carbocycles. The van der Waals surface area contributed by atoms with Crippen molar-refractivity contribution in [2.24, 2.45) is 0 Å². The molecule has 0 unspecified atom stereocenters. The van der Waals surface area contributed by atoms with Crippen molar-refractivity contribution in [1.29, 1.82) is 0 Å². The van der Waals surface area contributed by atoms with Crippen molar-refractivity contribution < 1.29 is 4.79 Å². The minimum absolute atomic E-state index is 0.188. The van der Waals surface area contributed by atoms with Gasteiger partial charge in [0.05, 0.1) is 0 Å². The quantitative estimate of drug-likeness (QED) is 0.540. The summed E-state index contributed by atoms with van der Waals surface area (Å²) in [6.07, 6.45) is 2.34. The van der Waals surface area contributed by atoms with Gasteiger partial charge in [0.2, 0.25) is 0 Å². The van der Waals surface area contributed by atoms with Crippen molar-refractivity contribution in [3.8, 4) is 0 Å². The molecule has 0 fully saturated rings. The van der Waals surface area contributed by atoms with Gasteiger partial charge in [-0.3, -0.25) is 0 Å². The van der Waals surface area contributed by atoms with Gasteiger partial charge in [0.25, 0.3) is 0 Å². The molecular formula is C7H11O. The highest BCUT2D eigenvalue weighted by Gasteiger charge is 1.96. The lowest BCUT2D eigenvalue weighted by Crippen LogP contribution is -1.93. The van der Waals surface area contributed by atoms with Gasteiger partial charge < -0.3 is 4.79 Å². The number of hydrogen-bond donors (Lipinski definition) is 0. The van der Waals surface area contributed by atoms with E-state index in [9.17, 15) is 4.79 Å². The fourth-order valence-corrected chi connectivity index (χ4v) is 0.318. The molecule has 0 atom stereocenters. The summed E-state index contributed by atoms with van der Waals surface area (Å²) in [7, 11) is 0. The molecule has 1 heteroatoms. The van der Waals surface area contributed by atoms with Gasteiger partial charge in [-0.05, 0) is 26.2 Å². The predicted molar refractivity (Wildman–Crippen MR) is 33.9 cm³/mol. The zero-order valence-corrected chi connectivity index (χ0v) is 5.40. The summed E-state index contributed by atoms with van der Waals surface area (Å²) in [5.74, 6) is 1.15. The highest BCUT2D eigenvalue weighted by atomic mass is 16.1. The third-order valence-corrected chi connectivity index (χ3v) is 0.738. The first kappa shape index (κ1) is 7.67. The lowest BCUT2D eigenvalue weighted by molar-refractivity contribution is -0.116. The predicted octanol–water partition coefficient (Wildman–Crippen LogP) is 1.60. The molecule has 0 N–H and O–H groups in total. The maximum Gasteiger partial charge on any atom is 0.130 e. The van der Waals surface area contributed by atoms with E-state index in [2.05, 4.69) is 6.92 Å². The highest BCUT2D eigenvalue weighted by Crippen LogP contribution is 2.02. The minimum Gasteiger partial charge on any atom is -0.300 e. The molecule has 0 aromatic rings. The first-order valence-electron chi connectivity index (χ1n) is 2.61. The van der Waals surface area contributed by atoms with Crippen LogP contribution in [0.4, 0.5) is 0 Å². The van der Waals surface area contributed by atoms with E-state index in [0.717, 1.165) is 5.92 Å². The Morgan fingerprint density at radius 1 is 1.62 bits per heavy atom. The second-order valence-electron chi connectivity index (χ2n) is 1.96. The van der Waals surface area contributed by atoms with Gasteiger partial charge in [0.1, 0.15) is 5.78 Å². The summed E-state index contributed by atoms with van der Waals surface area (Å²) in [5.41, 5.74) is 0. The van der Waals surface area contributed by atoms with Crippen molar-refractivity contribution in [3.63, 3.8) is 0 Å². The topological polar surface area (TPSA) is 17.1 Å². The van der Waals surface area contributed by atoms with Crippen LogP contribution in [-0.4, -0.2) is 5.78 Å². The van der Waals surface area contributed by atoms with Crippen molar-refractivity contribution in [1.82, 2.24) is 0 Å². The molecule has 0 amide bonds. The Balaban J connectivity index is 3.05. The van der Waals surface area contributed by atoms with Crippen LogP contribution in [0.1, 0.15) is 20.3 Å². The van der Waals surface area contributed by atoms with E-state index >= 15 is 0 Å². The molecule has 0 aliphatic heterocycles. The molecule has 0 aliphatic rings. The number of ketones is 1. The first-order valence-corrected chi connectivity index (χ1v) is 2.61. The van der Waals surface area contributed by atoms with Crippen LogP contribution in [0.25, 0.3) is 0 Å². The fraction of sp³-hybridized carbons (Fsp3) is 0.429. The van der Waals surface area contributed by atoms with Crippen LogP contribution < -0.4 is 0 Å². The van der Waals surface area contributed by atoms with E-state index < -0.39 is 0 Å². The van der Waals surface area contributed by atoms with E-state index in [1.165, 1.54) is 0 Å². The summed E-state index contributed by atoms with van der Waals surface area (Å²) in [6, 6.07) is 0. The molecular weight excluding hydrogens is 100 g/mol. The Kier molecular flexibility index (Phi) is 3.49. The lowest BCUT2D eigenvalue weighted by Gasteiger charge is -1.97. The van der Waals surface area contributed by atoms with Crippen LogP contribution in [0.3, 0.4) is 0 Å². The van der Waals surface area contributed by atoms with Crippen molar-refractivity contribution in [2.45, 2.75) is 20.3 Å². The second-order valence-corrected chi connectivity index (χ2v) is 1.96. The molecule has 0 saturated heterocycles. The molecule has 1 nitrogen and oxygen atoms in total. The zero-order chi connectivity index (χ0) is 6.57. The summed E-state index contributed by atoms with van der Waals surface area (Å²) >= 11 is 0. The molecule has 0 rings (SSSR count). The van der Waals surface area contributed by atoms with Crippen molar-refractivity contribution >= 4 is 5.78 Å². The van der Waals surface area contributed by atoms with E-state index in [4.69, 9.17) is 0 Å². The third kappa shape index (κ3) is 5.67. The third-order valence-electron chi connectivity index (χ3n) is 0.738. The Morgan fingerprint density at radius 3 is 2.25 bits per heavy atom. The summed E-state index contributed by atoms with van der Waals surface area (Å²) in [5, 5.41) is 0. The lowest BCUT2D eigenvalue weighted by atomic mass is 10.1. The van der Waals surface area contributed by atoms with Crippen LogP contribution >= 0.6 is 0 Å². The van der Waals surface area contributed by atoms with E-state index in [0.29, 0.717) is 6.42 Å². The van der Waals surface area contributed by atoms with Gasteiger partial charge in [-0.2, -0.15) is 0 Å². The number of hydrogen-bond acceptors (Lipinski definition) is 1. The Hall–Kier alpha value is -0.330. The maximum absolute atomic E-state index is 10.3. The Bertz CT molecular complexity index is 74.5. The van der Waals surface area contributed by atoms with E-state index in [1.807, 2.05) is 13.3 Å². The molecule has 0 spiro atoms. The molecule has 3 radical (unpaired) electrons. The summed E-state index contributed by atoms with van der Waals surface area (Å²) < 4.78 is 0. The highest BCUT2D eigenvalue weighted by molar-refractivity contribution is 5.76. The van der Waals surface area contributed by atoms with Crippen LogP contribution in [0.5, 0.6) is 0 Å². The Labute approximate surface area is 51.1 Å². The van der Waals surface area contributed by atoms with E-state index in [-0.39, 0.29) is 5.78 Å². The number of carbonyl (C=O) groups is 1. The standard InChI is InChI=1S/C7H11O/c1-6(2)4-5-7(3)8/h4H,1,5H2,2-3H3. The molecule has 0 aromatic carbocycles. The second kappa shape index (κ2) is 3.65. The number of carbonyl (C=O) groups excluding carboxylic acids is 1. The molecule has 0 aliphatic carbocycles. The molecule has 45 valence electrons. The first-order chi connectivity index (χ1) is 3.63. The monoisotopic (exact) mass is 111 g/mol.